The van der Waals surface area contributed by atoms with Crippen LogP contribution in [0.5, 0.6) is 0 Å². The highest BCUT2D eigenvalue weighted by Crippen LogP contribution is 2.22. The van der Waals surface area contributed by atoms with Crippen molar-refractivity contribution in [3.63, 3.8) is 0 Å². The number of aromatic nitrogens is 1. The Labute approximate surface area is 154 Å². The number of oxime groups is 1. The van der Waals surface area contributed by atoms with E-state index in [0.717, 1.165) is 16.0 Å². The number of hydrogen-bond acceptors (Lipinski definition) is 5. The van der Waals surface area contributed by atoms with E-state index in [9.17, 15) is 9.18 Å². The molecule has 0 aliphatic rings. The van der Waals surface area contributed by atoms with E-state index in [1.54, 1.807) is 48.8 Å². The van der Waals surface area contributed by atoms with Gasteiger partial charge in [-0.05, 0) is 35.4 Å². The second kappa shape index (κ2) is 8.35. The molecule has 0 fully saturated rings. The van der Waals surface area contributed by atoms with Crippen LogP contribution in [0.1, 0.15) is 26.4 Å². The molecule has 0 saturated carbocycles. The predicted molar refractivity (Wildman–Crippen MR) is 100 cm³/mol. The summed E-state index contributed by atoms with van der Waals surface area (Å²) in [6.45, 7) is 0. The minimum Gasteiger partial charge on any atom is -0.399 e. The van der Waals surface area contributed by atoms with E-state index < -0.39 is 0 Å². The zero-order valence-corrected chi connectivity index (χ0v) is 14.8. The lowest BCUT2D eigenvalue weighted by Crippen LogP contribution is -2.11. The highest BCUT2D eigenvalue weighted by atomic mass is 32.1. The summed E-state index contributed by atoms with van der Waals surface area (Å²) in [4.78, 5) is 22.1. The molecule has 26 heavy (non-hydrogen) atoms. The lowest BCUT2D eigenvalue weighted by atomic mass is 10.1. The van der Waals surface area contributed by atoms with Crippen molar-refractivity contribution in [2.45, 2.75) is 6.42 Å². The number of amides is 1. The van der Waals surface area contributed by atoms with Crippen molar-refractivity contribution in [3.05, 3.63) is 82.1 Å². The number of halogens is 1. The Morgan fingerprint density at radius 2 is 1.96 bits per heavy atom. The molecule has 132 valence electrons. The number of anilines is 1. The zero-order chi connectivity index (χ0) is 18.4. The highest BCUT2D eigenvalue weighted by molar-refractivity contribution is 7.15. The summed E-state index contributed by atoms with van der Waals surface area (Å²) in [5.74, 6) is -0.492. The van der Waals surface area contributed by atoms with Gasteiger partial charge in [-0.15, -0.1) is 11.3 Å². The predicted octanol–water partition coefficient (Wildman–Crippen LogP) is 4.11. The summed E-state index contributed by atoms with van der Waals surface area (Å²) in [5.41, 5.74) is 2.34. The smallest absolute Gasteiger partial charge is 0.257 e. The Hall–Kier alpha value is -3.06. The van der Waals surface area contributed by atoms with Crippen LogP contribution in [0.15, 0.2) is 59.9 Å². The van der Waals surface area contributed by atoms with E-state index in [4.69, 9.17) is 0 Å². The molecule has 0 aliphatic heterocycles. The second-order valence-corrected chi connectivity index (χ2v) is 6.54. The monoisotopic (exact) mass is 369 g/mol. The van der Waals surface area contributed by atoms with Gasteiger partial charge in [0.1, 0.15) is 12.9 Å². The first-order valence-corrected chi connectivity index (χ1v) is 8.63. The van der Waals surface area contributed by atoms with Gasteiger partial charge >= 0.3 is 0 Å². The molecule has 2 aromatic carbocycles. The molecule has 3 aromatic rings. The minimum absolute atomic E-state index is 0.233. The van der Waals surface area contributed by atoms with Crippen molar-refractivity contribution in [3.8, 4) is 0 Å². The number of hydrogen-bond donors (Lipinski definition) is 1. The van der Waals surface area contributed by atoms with Gasteiger partial charge in [0, 0.05) is 23.1 Å². The number of thiazole rings is 1. The summed E-state index contributed by atoms with van der Waals surface area (Å²) in [7, 11) is 1.47. The van der Waals surface area contributed by atoms with E-state index in [0.29, 0.717) is 17.1 Å². The molecule has 7 heteroatoms. The van der Waals surface area contributed by atoms with Crippen molar-refractivity contribution in [1.82, 2.24) is 4.98 Å². The molecule has 0 saturated heterocycles. The lowest BCUT2D eigenvalue weighted by Gasteiger charge is -2.02. The van der Waals surface area contributed by atoms with Gasteiger partial charge in [0.05, 0.1) is 6.21 Å². The normalized spacial score (nSPS) is 10.8. The fourth-order valence-corrected chi connectivity index (χ4v) is 3.10. The van der Waals surface area contributed by atoms with Crippen LogP contribution in [-0.4, -0.2) is 24.2 Å². The largest absolute Gasteiger partial charge is 0.399 e. The first kappa shape index (κ1) is 17.8. The van der Waals surface area contributed by atoms with Gasteiger partial charge in [-0.25, -0.2) is 9.37 Å². The maximum atomic E-state index is 12.9. The molecule has 1 N–H and O–H groups in total. The topological polar surface area (TPSA) is 63.6 Å². The molecule has 0 bridgehead atoms. The third-order valence-corrected chi connectivity index (χ3v) is 4.46. The molecule has 0 unspecified atom stereocenters. The van der Waals surface area contributed by atoms with Gasteiger partial charge in [-0.2, -0.15) is 0 Å². The van der Waals surface area contributed by atoms with E-state index in [1.165, 1.54) is 30.6 Å². The molecular weight excluding hydrogens is 353 g/mol. The van der Waals surface area contributed by atoms with Gasteiger partial charge in [0.15, 0.2) is 5.13 Å². The van der Waals surface area contributed by atoms with Gasteiger partial charge in [0.2, 0.25) is 0 Å². The van der Waals surface area contributed by atoms with Gasteiger partial charge in [-0.1, -0.05) is 29.4 Å². The quantitative estimate of drug-likeness (QED) is 0.525. The summed E-state index contributed by atoms with van der Waals surface area (Å²) in [5, 5.41) is 6.98. The van der Waals surface area contributed by atoms with Crippen LogP contribution in [0, 0.1) is 5.82 Å². The van der Waals surface area contributed by atoms with E-state index in [1.807, 2.05) is 0 Å². The third-order valence-electron chi connectivity index (χ3n) is 3.55. The number of carbonyl (C=O) groups is 1. The Balaban J connectivity index is 1.62. The number of nitrogens with one attached hydrogen (secondary N) is 1. The van der Waals surface area contributed by atoms with Crippen molar-refractivity contribution >= 4 is 28.6 Å². The summed E-state index contributed by atoms with van der Waals surface area (Å²) >= 11 is 1.39. The first-order chi connectivity index (χ1) is 12.6. The molecule has 1 amide bonds. The molecular formula is C19H16FN3O2S. The van der Waals surface area contributed by atoms with Gasteiger partial charge < -0.3 is 4.84 Å². The Bertz CT molecular complexity index is 905. The highest BCUT2D eigenvalue weighted by Gasteiger charge is 2.09. The Morgan fingerprint density at radius 1 is 1.23 bits per heavy atom. The number of nitrogens with zero attached hydrogens (tertiary/aromatic N) is 2. The van der Waals surface area contributed by atoms with Crippen LogP contribution in [-0.2, 0) is 11.3 Å². The summed E-state index contributed by atoms with van der Waals surface area (Å²) in [6.07, 6.45) is 3.92. The molecule has 3 rings (SSSR count). The molecule has 0 spiro atoms. The zero-order valence-electron chi connectivity index (χ0n) is 14.0. The molecule has 0 radical (unpaired) electrons. The maximum absolute atomic E-state index is 12.9. The summed E-state index contributed by atoms with van der Waals surface area (Å²) < 4.78 is 12.9. The van der Waals surface area contributed by atoms with Crippen LogP contribution in [0.25, 0.3) is 0 Å². The fourth-order valence-electron chi connectivity index (χ4n) is 2.25. The second-order valence-electron chi connectivity index (χ2n) is 5.43. The molecule has 0 atom stereocenters. The third kappa shape index (κ3) is 4.73. The Morgan fingerprint density at radius 3 is 2.65 bits per heavy atom. The lowest BCUT2D eigenvalue weighted by molar-refractivity contribution is 0.102. The van der Waals surface area contributed by atoms with E-state index in [2.05, 4.69) is 20.3 Å². The average Bonchev–Trinajstić information content (AvgIpc) is 3.09. The van der Waals surface area contributed by atoms with Crippen LogP contribution in [0.3, 0.4) is 0 Å². The minimum atomic E-state index is -0.259. The van der Waals surface area contributed by atoms with E-state index in [-0.39, 0.29) is 11.7 Å². The van der Waals surface area contributed by atoms with Crippen molar-refractivity contribution in [2.75, 3.05) is 12.4 Å². The van der Waals surface area contributed by atoms with Crippen LogP contribution in [0.4, 0.5) is 9.52 Å². The first-order valence-electron chi connectivity index (χ1n) is 7.81. The van der Waals surface area contributed by atoms with Gasteiger partial charge in [0.25, 0.3) is 5.91 Å². The number of carbonyl (C=O) groups excluding carboxylic acids is 1. The van der Waals surface area contributed by atoms with E-state index >= 15 is 0 Å². The average molecular weight is 369 g/mol. The molecule has 0 aliphatic carbocycles. The molecule has 1 aromatic heterocycles. The van der Waals surface area contributed by atoms with Crippen LogP contribution >= 0.6 is 11.3 Å². The summed E-state index contributed by atoms with van der Waals surface area (Å²) in [6, 6.07) is 13.3. The molecule has 1 heterocycles. The van der Waals surface area contributed by atoms with Crippen molar-refractivity contribution < 1.29 is 14.0 Å². The standard InChI is InChI=1S/C19H16FN3O2S/c1-25-22-11-14-2-6-15(7-3-14)18(24)23-19-21-12-17(26-19)10-13-4-8-16(20)9-5-13/h2-9,11-12H,10H2,1H3,(H,21,23,24)/b22-11+. The van der Waals surface area contributed by atoms with Crippen LogP contribution in [0.2, 0.25) is 0 Å². The van der Waals surface area contributed by atoms with Crippen LogP contribution < -0.4 is 5.32 Å². The molecule has 5 nitrogen and oxygen atoms in total. The number of benzene rings is 2. The maximum Gasteiger partial charge on any atom is 0.257 e. The van der Waals surface area contributed by atoms with Gasteiger partial charge in [-0.3, -0.25) is 10.1 Å². The fraction of sp³-hybridized carbons (Fsp3) is 0.105. The van der Waals surface area contributed by atoms with Crippen molar-refractivity contribution in [1.29, 1.82) is 0 Å². The SMILES string of the molecule is CO/N=C/c1ccc(C(=O)Nc2ncc(Cc3ccc(F)cc3)s2)cc1. The Kier molecular flexibility index (Phi) is 5.70. The van der Waals surface area contributed by atoms with Crippen molar-refractivity contribution in [2.24, 2.45) is 5.16 Å². The number of rotatable bonds is 6.